The average molecular weight is 566 g/mol. The summed E-state index contributed by atoms with van der Waals surface area (Å²) in [5.74, 6) is -18.2. The molecule has 1 aromatic carbocycles. The van der Waals surface area contributed by atoms with Crippen LogP contribution >= 0.6 is 0 Å². The van der Waals surface area contributed by atoms with Crippen molar-refractivity contribution in [2.24, 2.45) is 0 Å². The number of rotatable bonds is 5. The Balaban J connectivity index is 4.49. The van der Waals surface area contributed by atoms with E-state index in [0.29, 0.717) is 0 Å². The fourth-order valence-electron chi connectivity index (χ4n) is 1.95. The Morgan fingerprint density at radius 2 is 0.457 bits per heavy atom. The van der Waals surface area contributed by atoms with Gasteiger partial charge in [0.15, 0.2) is 11.5 Å². The quantitative estimate of drug-likeness (QED) is 0.353. The van der Waals surface area contributed by atoms with Crippen LogP contribution in [0.2, 0.25) is 0 Å². The Morgan fingerprint density at radius 3 is 0.629 bits per heavy atom. The van der Waals surface area contributed by atoms with E-state index >= 15 is 0 Å². The number of ether oxygens (including phenoxy) is 5. The maximum absolute atomic E-state index is 13.3. The molecule has 1 rings (SSSR count). The van der Waals surface area contributed by atoms with Crippen LogP contribution in [0.4, 0.5) is 79.0 Å². The Morgan fingerprint density at radius 1 is 0.286 bits per heavy atom. The standard InChI is InChI=1S/C12F18O5/c13-7(14,15)1-2(31-8(16,17)18)4(33-10(22,23)24)6(35-12(28,29)30)5(34-11(25,26)27)3(1)32-9(19,20)21. The molecule has 0 fully saturated rings. The number of benzene rings is 1. The molecule has 0 bridgehead atoms. The van der Waals surface area contributed by atoms with E-state index in [-0.39, 0.29) is 0 Å². The molecule has 0 N–H and O–H groups in total. The van der Waals surface area contributed by atoms with Gasteiger partial charge in [0.1, 0.15) is 5.56 Å². The molecule has 0 unspecified atom stereocenters. The summed E-state index contributed by atoms with van der Waals surface area (Å²) < 4.78 is 241. The number of alkyl halides is 18. The Labute approximate surface area is 176 Å². The lowest BCUT2D eigenvalue weighted by atomic mass is 10.1. The van der Waals surface area contributed by atoms with E-state index in [1.54, 1.807) is 0 Å². The first-order valence-electron chi connectivity index (χ1n) is 7.19. The largest absolute Gasteiger partial charge is 0.573 e. The summed E-state index contributed by atoms with van der Waals surface area (Å²) in [4.78, 5) is 0. The highest BCUT2D eigenvalue weighted by atomic mass is 19.4. The average Bonchev–Trinajstić information content (AvgIpc) is 2.46. The molecule has 0 amide bonds. The lowest BCUT2D eigenvalue weighted by molar-refractivity contribution is -0.301. The SMILES string of the molecule is FC(F)(F)Oc1c(OC(F)(F)F)c(OC(F)(F)F)c(C(F)(F)F)c(OC(F)(F)F)c1OC(F)(F)F. The van der Waals surface area contributed by atoms with E-state index in [1.165, 1.54) is 0 Å². The lowest BCUT2D eigenvalue weighted by Crippen LogP contribution is -2.29. The zero-order chi connectivity index (χ0) is 28.0. The third-order valence-electron chi connectivity index (χ3n) is 2.65. The molecule has 204 valence electrons. The third-order valence-corrected chi connectivity index (χ3v) is 2.65. The van der Waals surface area contributed by atoms with Crippen LogP contribution in [0.25, 0.3) is 0 Å². The van der Waals surface area contributed by atoms with Crippen LogP contribution in [0.3, 0.4) is 0 Å². The zero-order valence-corrected chi connectivity index (χ0v) is 14.8. The second kappa shape index (κ2) is 8.87. The van der Waals surface area contributed by atoms with Crippen molar-refractivity contribution in [3.8, 4) is 28.7 Å². The topological polar surface area (TPSA) is 46.2 Å². The van der Waals surface area contributed by atoms with Crippen molar-refractivity contribution < 1.29 is 103 Å². The highest BCUT2D eigenvalue weighted by Crippen LogP contribution is 2.61. The minimum absolute atomic E-state index is 2.46. The minimum Gasteiger partial charge on any atom is -0.401 e. The monoisotopic (exact) mass is 566 g/mol. The Hall–Kier alpha value is -3.04. The second-order valence-corrected chi connectivity index (χ2v) is 5.26. The smallest absolute Gasteiger partial charge is 0.401 e. The lowest BCUT2D eigenvalue weighted by Gasteiger charge is -2.27. The molecule has 23 heteroatoms. The van der Waals surface area contributed by atoms with E-state index < -0.39 is 72.3 Å². The number of hydrogen-bond donors (Lipinski definition) is 0. The van der Waals surface area contributed by atoms with Crippen LogP contribution in [0, 0.1) is 0 Å². The van der Waals surface area contributed by atoms with Gasteiger partial charge in [-0.25, -0.2) is 0 Å². The van der Waals surface area contributed by atoms with Crippen molar-refractivity contribution in [1.82, 2.24) is 0 Å². The molecule has 5 nitrogen and oxygen atoms in total. The fraction of sp³-hybridized carbons (Fsp3) is 0.500. The summed E-state index contributed by atoms with van der Waals surface area (Å²) in [6.45, 7) is 0. The first-order chi connectivity index (χ1) is 15.1. The molecule has 0 atom stereocenters. The van der Waals surface area contributed by atoms with Gasteiger partial charge in [-0.05, 0) is 0 Å². The van der Waals surface area contributed by atoms with E-state index in [1.807, 2.05) is 0 Å². The normalized spacial score (nSPS) is 14.0. The molecular weight excluding hydrogens is 566 g/mol. The van der Waals surface area contributed by atoms with Crippen LogP contribution in [0.5, 0.6) is 28.7 Å². The van der Waals surface area contributed by atoms with E-state index in [9.17, 15) is 79.0 Å². The van der Waals surface area contributed by atoms with Gasteiger partial charge in [0.2, 0.25) is 17.2 Å². The van der Waals surface area contributed by atoms with Gasteiger partial charge in [0.05, 0.1) is 0 Å². The molecule has 0 aromatic heterocycles. The predicted octanol–water partition coefficient (Wildman–Crippen LogP) is 7.20. The predicted molar refractivity (Wildman–Crippen MR) is 64.9 cm³/mol. The van der Waals surface area contributed by atoms with Crippen molar-refractivity contribution in [2.75, 3.05) is 0 Å². The van der Waals surface area contributed by atoms with Crippen LogP contribution in [-0.4, -0.2) is 31.8 Å². The van der Waals surface area contributed by atoms with Crippen molar-refractivity contribution in [1.29, 1.82) is 0 Å². The Bertz CT molecular complexity index is 843. The highest BCUT2D eigenvalue weighted by Gasteiger charge is 2.54. The van der Waals surface area contributed by atoms with Crippen molar-refractivity contribution in [3.05, 3.63) is 5.56 Å². The summed E-state index contributed by atoms with van der Waals surface area (Å²) >= 11 is 0. The summed E-state index contributed by atoms with van der Waals surface area (Å²) in [5.41, 5.74) is -3.92. The number of halogens is 18. The molecular formula is C12F18O5. The highest BCUT2D eigenvalue weighted by molar-refractivity contribution is 5.71. The fourth-order valence-corrected chi connectivity index (χ4v) is 1.95. The maximum Gasteiger partial charge on any atom is 0.573 e. The van der Waals surface area contributed by atoms with Gasteiger partial charge >= 0.3 is 38.0 Å². The minimum atomic E-state index is -6.87. The molecule has 0 aliphatic carbocycles. The summed E-state index contributed by atoms with van der Waals surface area (Å²) in [6.07, 6.45) is -40.0. The van der Waals surface area contributed by atoms with Gasteiger partial charge in [0, 0.05) is 0 Å². The first kappa shape index (κ1) is 30.0. The van der Waals surface area contributed by atoms with Crippen molar-refractivity contribution >= 4 is 0 Å². The molecule has 0 heterocycles. The van der Waals surface area contributed by atoms with Crippen LogP contribution in [0.1, 0.15) is 5.56 Å². The number of hydrogen-bond acceptors (Lipinski definition) is 5. The first-order valence-corrected chi connectivity index (χ1v) is 7.19. The van der Waals surface area contributed by atoms with Gasteiger partial charge in [-0.2, -0.15) is 13.2 Å². The van der Waals surface area contributed by atoms with Crippen LogP contribution in [0.15, 0.2) is 0 Å². The van der Waals surface area contributed by atoms with E-state index in [2.05, 4.69) is 23.7 Å². The third kappa shape index (κ3) is 9.62. The van der Waals surface area contributed by atoms with Crippen LogP contribution < -0.4 is 23.7 Å². The van der Waals surface area contributed by atoms with Gasteiger partial charge in [-0.1, -0.05) is 0 Å². The molecule has 0 radical (unpaired) electrons. The van der Waals surface area contributed by atoms with E-state index in [4.69, 9.17) is 0 Å². The summed E-state index contributed by atoms with van der Waals surface area (Å²) in [6, 6.07) is 0. The van der Waals surface area contributed by atoms with Gasteiger partial charge < -0.3 is 23.7 Å². The molecule has 0 aliphatic rings. The van der Waals surface area contributed by atoms with E-state index in [0.717, 1.165) is 0 Å². The molecule has 1 aromatic rings. The molecule has 0 spiro atoms. The van der Waals surface area contributed by atoms with Crippen molar-refractivity contribution in [2.45, 2.75) is 38.0 Å². The summed E-state index contributed by atoms with van der Waals surface area (Å²) in [5, 5.41) is 0. The second-order valence-electron chi connectivity index (χ2n) is 5.26. The molecule has 0 aliphatic heterocycles. The van der Waals surface area contributed by atoms with Crippen molar-refractivity contribution in [3.63, 3.8) is 0 Å². The van der Waals surface area contributed by atoms with Gasteiger partial charge in [-0.15, -0.1) is 65.9 Å². The summed E-state index contributed by atoms with van der Waals surface area (Å²) in [7, 11) is 0. The maximum atomic E-state index is 13.3. The molecule has 0 saturated heterocycles. The Kier molecular flexibility index (Phi) is 7.60. The van der Waals surface area contributed by atoms with Gasteiger partial charge in [-0.3, -0.25) is 0 Å². The van der Waals surface area contributed by atoms with Crippen LogP contribution in [-0.2, 0) is 6.18 Å². The van der Waals surface area contributed by atoms with Gasteiger partial charge in [0.25, 0.3) is 0 Å². The zero-order valence-electron chi connectivity index (χ0n) is 14.8. The molecule has 35 heavy (non-hydrogen) atoms. The molecule has 0 saturated carbocycles.